The van der Waals surface area contributed by atoms with Crippen molar-refractivity contribution >= 4 is 17.7 Å². The smallest absolute Gasteiger partial charge is 0.321 e. The normalized spacial score (nSPS) is 18.0. The van der Waals surface area contributed by atoms with Gasteiger partial charge < -0.3 is 24.8 Å². The third-order valence-electron chi connectivity index (χ3n) is 3.92. The summed E-state index contributed by atoms with van der Waals surface area (Å²) in [6.07, 6.45) is 0. The van der Waals surface area contributed by atoms with Crippen molar-refractivity contribution in [1.82, 2.24) is 4.90 Å². The predicted molar refractivity (Wildman–Crippen MR) is 73.4 cm³/mol. The van der Waals surface area contributed by atoms with Gasteiger partial charge >= 0.3 is 12.0 Å². The molecule has 2 N–H and O–H groups in total. The van der Waals surface area contributed by atoms with E-state index in [0.29, 0.717) is 30.3 Å². The molecule has 0 aliphatic carbocycles. The van der Waals surface area contributed by atoms with Crippen molar-refractivity contribution in [1.29, 1.82) is 0 Å². The molecule has 1 fully saturated rings. The first-order valence-electron chi connectivity index (χ1n) is 6.73. The Morgan fingerprint density at radius 3 is 2.76 bits per heavy atom. The first-order valence-corrected chi connectivity index (χ1v) is 6.73. The van der Waals surface area contributed by atoms with Gasteiger partial charge in [-0.2, -0.15) is 0 Å². The van der Waals surface area contributed by atoms with Gasteiger partial charge in [-0.05, 0) is 12.1 Å². The molecule has 2 aliphatic heterocycles. The molecule has 0 aromatic heterocycles. The Balaban J connectivity index is 1.55. The van der Waals surface area contributed by atoms with Crippen LogP contribution in [-0.4, -0.2) is 41.9 Å². The molecule has 0 bridgehead atoms. The molecule has 0 spiro atoms. The average Bonchev–Trinajstić information content (AvgIpc) is 2.84. The van der Waals surface area contributed by atoms with Crippen molar-refractivity contribution in [3.63, 3.8) is 0 Å². The summed E-state index contributed by atoms with van der Waals surface area (Å²) in [4.78, 5) is 24.5. The van der Waals surface area contributed by atoms with Crippen LogP contribution in [-0.2, 0) is 4.79 Å². The molecule has 1 saturated heterocycles. The molecule has 2 amide bonds. The summed E-state index contributed by atoms with van der Waals surface area (Å²) in [6, 6.07) is 4.95. The Morgan fingerprint density at radius 2 is 2.05 bits per heavy atom. The van der Waals surface area contributed by atoms with Gasteiger partial charge in [-0.25, -0.2) is 4.79 Å². The summed E-state index contributed by atoms with van der Waals surface area (Å²) in [7, 11) is 0. The maximum atomic E-state index is 12.0. The van der Waals surface area contributed by atoms with E-state index in [0.717, 1.165) is 0 Å². The number of ether oxygens (including phenoxy) is 2. The van der Waals surface area contributed by atoms with E-state index in [-0.39, 0.29) is 18.7 Å². The second kappa shape index (κ2) is 5.16. The van der Waals surface area contributed by atoms with Gasteiger partial charge in [-0.1, -0.05) is 6.92 Å². The molecule has 1 aromatic carbocycles. The van der Waals surface area contributed by atoms with Crippen LogP contribution >= 0.6 is 0 Å². The van der Waals surface area contributed by atoms with Crippen LogP contribution in [0.15, 0.2) is 18.2 Å². The number of amides is 2. The lowest BCUT2D eigenvalue weighted by molar-refractivity contribution is -0.144. The van der Waals surface area contributed by atoms with E-state index in [1.54, 1.807) is 30.0 Å². The zero-order valence-electron chi connectivity index (χ0n) is 11.5. The predicted octanol–water partition coefficient (Wildman–Crippen LogP) is 1.60. The summed E-state index contributed by atoms with van der Waals surface area (Å²) >= 11 is 0. The lowest BCUT2D eigenvalue weighted by Crippen LogP contribution is -2.54. The molecule has 2 aliphatic rings. The third kappa shape index (κ3) is 2.58. The number of carboxylic acids is 1. The molecule has 3 rings (SSSR count). The topological polar surface area (TPSA) is 88.1 Å². The van der Waals surface area contributed by atoms with Gasteiger partial charge in [0, 0.05) is 30.8 Å². The summed E-state index contributed by atoms with van der Waals surface area (Å²) in [5, 5.41) is 11.7. The zero-order valence-corrected chi connectivity index (χ0v) is 11.5. The SMILES string of the molecule is CC(C(=O)O)C1CN(C(=O)Nc2ccc3c(c2)OCO3)C1. The van der Waals surface area contributed by atoms with E-state index >= 15 is 0 Å². The van der Waals surface area contributed by atoms with Crippen molar-refractivity contribution in [3.05, 3.63) is 18.2 Å². The Morgan fingerprint density at radius 1 is 1.33 bits per heavy atom. The van der Waals surface area contributed by atoms with Crippen LogP contribution in [0, 0.1) is 11.8 Å². The molecular formula is C14H16N2O5. The quantitative estimate of drug-likeness (QED) is 0.883. The summed E-state index contributed by atoms with van der Waals surface area (Å²) in [5.41, 5.74) is 0.624. The minimum absolute atomic E-state index is 0.0185. The molecule has 112 valence electrons. The van der Waals surface area contributed by atoms with Crippen LogP contribution in [0.5, 0.6) is 11.5 Å². The highest BCUT2D eigenvalue weighted by Crippen LogP contribution is 2.34. The molecule has 1 atom stereocenters. The van der Waals surface area contributed by atoms with Crippen molar-refractivity contribution in [2.45, 2.75) is 6.92 Å². The fourth-order valence-electron chi connectivity index (χ4n) is 2.37. The van der Waals surface area contributed by atoms with Gasteiger partial charge in [0.15, 0.2) is 11.5 Å². The van der Waals surface area contributed by atoms with Crippen molar-refractivity contribution in [2.75, 3.05) is 25.2 Å². The van der Waals surface area contributed by atoms with Crippen molar-refractivity contribution in [3.8, 4) is 11.5 Å². The van der Waals surface area contributed by atoms with Gasteiger partial charge in [0.1, 0.15) is 0 Å². The Hall–Kier alpha value is -2.44. The number of nitrogens with one attached hydrogen (secondary N) is 1. The minimum Gasteiger partial charge on any atom is -0.481 e. The van der Waals surface area contributed by atoms with Crippen molar-refractivity contribution in [2.24, 2.45) is 11.8 Å². The second-order valence-corrected chi connectivity index (χ2v) is 5.29. The van der Waals surface area contributed by atoms with Gasteiger partial charge in [-0.15, -0.1) is 0 Å². The van der Waals surface area contributed by atoms with Crippen molar-refractivity contribution < 1.29 is 24.2 Å². The molecule has 0 radical (unpaired) electrons. The summed E-state index contributed by atoms with van der Waals surface area (Å²) in [6.45, 7) is 2.78. The van der Waals surface area contributed by atoms with Gasteiger partial charge in [-0.3, -0.25) is 4.79 Å². The Bertz CT molecular complexity index is 583. The number of urea groups is 1. The van der Waals surface area contributed by atoms with Crippen LogP contribution in [0.4, 0.5) is 10.5 Å². The summed E-state index contributed by atoms with van der Waals surface area (Å²) in [5.74, 6) is 0.0292. The van der Waals surface area contributed by atoms with Crippen LogP contribution < -0.4 is 14.8 Å². The van der Waals surface area contributed by atoms with Crippen LogP contribution in [0.2, 0.25) is 0 Å². The summed E-state index contributed by atoms with van der Waals surface area (Å²) < 4.78 is 10.4. The van der Waals surface area contributed by atoms with Gasteiger partial charge in [0.25, 0.3) is 0 Å². The number of rotatable bonds is 3. The number of benzene rings is 1. The third-order valence-corrected chi connectivity index (χ3v) is 3.92. The number of anilines is 1. The lowest BCUT2D eigenvalue weighted by atomic mass is 9.87. The molecule has 1 unspecified atom stereocenters. The molecular weight excluding hydrogens is 276 g/mol. The zero-order chi connectivity index (χ0) is 15.0. The average molecular weight is 292 g/mol. The van der Waals surface area contributed by atoms with Crippen LogP contribution in [0.1, 0.15) is 6.92 Å². The van der Waals surface area contributed by atoms with Gasteiger partial charge in [0.2, 0.25) is 6.79 Å². The Kier molecular flexibility index (Phi) is 3.32. The highest BCUT2D eigenvalue weighted by atomic mass is 16.7. The van der Waals surface area contributed by atoms with Gasteiger partial charge in [0.05, 0.1) is 5.92 Å². The van der Waals surface area contributed by atoms with E-state index in [1.807, 2.05) is 0 Å². The number of hydrogen-bond acceptors (Lipinski definition) is 4. The maximum absolute atomic E-state index is 12.0. The monoisotopic (exact) mass is 292 g/mol. The minimum atomic E-state index is -0.823. The molecule has 1 aromatic rings. The number of aliphatic carboxylic acids is 1. The Labute approximate surface area is 121 Å². The first-order chi connectivity index (χ1) is 10.0. The molecule has 21 heavy (non-hydrogen) atoms. The number of fused-ring (bicyclic) bond motifs is 1. The molecule has 2 heterocycles. The lowest BCUT2D eigenvalue weighted by Gasteiger charge is -2.41. The number of hydrogen-bond donors (Lipinski definition) is 2. The molecule has 7 heteroatoms. The van der Waals surface area contributed by atoms with E-state index in [4.69, 9.17) is 14.6 Å². The second-order valence-electron chi connectivity index (χ2n) is 5.29. The number of carboxylic acid groups (broad SMARTS) is 1. The van der Waals surface area contributed by atoms with Crippen LogP contribution in [0.25, 0.3) is 0 Å². The number of nitrogens with zero attached hydrogens (tertiary/aromatic N) is 1. The number of carbonyl (C=O) groups excluding carboxylic acids is 1. The largest absolute Gasteiger partial charge is 0.481 e. The highest BCUT2D eigenvalue weighted by molar-refractivity contribution is 5.90. The maximum Gasteiger partial charge on any atom is 0.321 e. The highest BCUT2D eigenvalue weighted by Gasteiger charge is 2.37. The van der Waals surface area contributed by atoms with Crippen LogP contribution in [0.3, 0.4) is 0 Å². The first kappa shape index (κ1) is 13.5. The van der Waals surface area contributed by atoms with E-state index < -0.39 is 11.9 Å². The fourth-order valence-corrected chi connectivity index (χ4v) is 2.37. The fraction of sp³-hybridized carbons (Fsp3) is 0.429. The van der Waals surface area contributed by atoms with E-state index in [1.165, 1.54) is 0 Å². The molecule has 7 nitrogen and oxygen atoms in total. The van der Waals surface area contributed by atoms with E-state index in [2.05, 4.69) is 5.32 Å². The number of carbonyl (C=O) groups is 2. The molecule has 0 saturated carbocycles. The van der Waals surface area contributed by atoms with E-state index in [9.17, 15) is 9.59 Å². The number of likely N-dealkylation sites (tertiary alicyclic amines) is 1. The standard InChI is InChI=1S/C14H16N2O5/c1-8(13(17)18)9-5-16(6-9)14(19)15-10-2-3-11-12(4-10)21-7-20-11/h2-4,8-9H,5-7H2,1H3,(H,15,19)(H,17,18).